The number of nitrogens with zero attached hydrogens (tertiary/aromatic N) is 1. The Morgan fingerprint density at radius 3 is 2.65 bits per heavy atom. The molecule has 0 bridgehead atoms. The summed E-state index contributed by atoms with van der Waals surface area (Å²) in [7, 11) is 0. The molecule has 1 heterocycles. The molecule has 0 aromatic heterocycles. The highest BCUT2D eigenvalue weighted by molar-refractivity contribution is 5.89. The molecule has 1 unspecified atom stereocenters. The molecule has 0 saturated carbocycles. The smallest absolute Gasteiger partial charge is 0.414 e. The molecule has 1 aromatic carbocycles. The van der Waals surface area contributed by atoms with Gasteiger partial charge in [-0.05, 0) is 39.7 Å². The molecule has 0 fully saturated rings. The first-order valence-electron chi connectivity index (χ1n) is 7.09. The lowest BCUT2D eigenvalue weighted by Gasteiger charge is -2.39. The number of carbonyl (C=O) groups is 1. The zero-order valence-electron chi connectivity index (χ0n) is 12.6. The van der Waals surface area contributed by atoms with E-state index in [-0.39, 0.29) is 6.09 Å². The Morgan fingerprint density at radius 1 is 1.40 bits per heavy atom. The van der Waals surface area contributed by atoms with Gasteiger partial charge in [0, 0.05) is 12.1 Å². The molecule has 1 aromatic rings. The average molecular weight is 277 g/mol. The minimum atomic E-state index is -0.852. The molecule has 1 atom stereocenters. The van der Waals surface area contributed by atoms with Gasteiger partial charge in [0.05, 0.1) is 11.3 Å². The third-order valence-corrected chi connectivity index (χ3v) is 3.64. The standard InChI is InChI=1S/C16H23NO3/c1-5-16(19)10-11-17(14(18)20-15(2,3)4)13-9-7-6-8-12(13)16/h6-9,19H,5,10-11H2,1-4H3. The zero-order valence-corrected chi connectivity index (χ0v) is 12.6. The molecule has 4 nitrogen and oxygen atoms in total. The molecule has 1 aliphatic heterocycles. The molecule has 0 radical (unpaired) electrons. The van der Waals surface area contributed by atoms with E-state index in [0.717, 1.165) is 11.3 Å². The van der Waals surface area contributed by atoms with Crippen molar-refractivity contribution in [2.24, 2.45) is 0 Å². The number of aliphatic hydroxyl groups is 1. The van der Waals surface area contributed by atoms with Crippen molar-refractivity contribution < 1.29 is 14.6 Å². The Balaban J connectivity index is 2.35. The van der Waals surface area contributed by atoms with Gasteiger partial charge in [-0.15, -0.1) is 0 Å². The van der Waals surface area contributed by atoms with Gasteiger partial charge in [-0.2, -0.15) is 0 Å². The number of hydrogen-bond donors (Lipinski definition) is 1. The van der Waals surface area contributed by atoms with Crippen LogP contribution in [0.2, 0.25) is 0 Å². The lowest BCUT2D eigenvalue weighted by atomic mass is 9.83. The van der Waals surface area contributed by atoms with Gasteiger partial charge in [-0.3, -0.25) is 4.90 Å². The lowest BCUT2D eigenvalue weighted by molar-refractivity contribution is 0.0183. The Bertz CT molecular complexity index is 507. The number of carbonyl (C=O) groups excluding carboxylic acids is 1. The van der Waals surface area contributed by atoms with Gasteiger partial charge in [0.2, 0.25) is 0 Å². The van der Waals surface area contributed by atoms with Crippen molar-refractivity contribution in [3.05, 3.63) is 29.8 Å². The van der Waals surface area contributed by atoms with Crippen LogP contribution in [0.3, 0.4) is 0 Å². The average Bonchev–Trinajstić information content (AvgIpc) is 2.37. The zero-order chi connectivity index (χ0) is 15.0. The predicted molar refractivity (Wildman–Crippen MR) is 78.8 cm³/mol. The van der Waals surface area contributed by atoms with Gasteiger partial charge in [0.25, 0.3) is 0 Å². The molecule has 0 saturated heterocycles. The van der Waals surface area contributed by atoms with E-state index in [2.05, 4.69) is 0 Å². The number of anilines is 1. The number of fused-ring (bicyclic) bond motifs is 1. The minimum absolute atomic E-state index is 0.358. The van der Waals surface area contributed by atoms with Crippen molar-refractivity contribution in [3.8, 4) is 0 Å². The maximum atomic E-state index is 12.3. The van der Waals surface area contributed by atoms with E-state index in [0.29, 0.717) is 19.4 Å². The fourth-order valence-electron chi connectivity index (χ4n) is 2.53. The van der Waals surface area contributed by atoms with Crippen LogP contribution in [0.4, 0.5) is 10.5 Å². The highest BCUT2D eigenvalue weighted by Crippen LogP contribution is 2.40. The van der Waals surface area contributed by atoms with E-state index in [1.165, 1.54) is 0 Å². The number of ether oxygens (including phenoxy) is 1. The van der Waals surface area contributed by atoms with E-state index < -0.39 is 11.2 Å². The largest absolute Gasteiger partial charge is 0.443 e. The highest BCUT2D eigenvalue weighted by atomic mass is 16.6. The third kappa shape index (κ3) is 2.80. The van der Waals surface area contributed by atoms with Crippen LogP contribution in [-0.4, -0.2) is 23.3 Å². The summed E-state index contributed by atoms with van der Waals surface area (Å²) in [5, 5.41) is 10.7. The molecule has 1 amide bonds. The molecule has 110 valence electrons. The van der Waals surface area contributed by atoms with Crippen LogP contribution in [-0.2, 0) is 10.3 Å². The van der Waals surface area contributed by atoms with Crippen LogP contribution in [0.1, 0.15) is 46.1 Å². The van der Waals surface area contributed by atoms with Crippen molar-refractivity contribution in [3.63, 3.8) is 0 Å². The summed E-state index contributed by atoms with van der Waals surface area (Å²) in [5.74, 6) is 0. The summed E-state index contributed by atoms with van der Waals surface area (Å²) in [5.41, 5.74) is 0.177. The van der Waals surface area contributed by atoms with E-state index >= 15 is 0 Å². The lowest BCUT2D eigenvalue weighted by Crippen LogP contribution is -2.45. The van der Waals surface area contributed by atoms with Gasteiger partial charge in [-0.1, -0.05) is 25.1 Å². The van der Waals surface area contributed by atoms with Crippen molar-refractivity contribution in [1.29, 1.82) is 0 Å². The maximum Gasteiger partial charge on any atom is 0.414 e. The van der Waals surface area contributed by atoms with Gasteiger partial charge in [-0.25, -0.2) is 4.79 Å². The quantitative estimate of drug-likeness (QED) is 0.855. The Kier molecular flexibility index (Phi) is 3.78. The van der Waals surface area contributed by atoms with Crippen molar-refractivity contribution in [1.82, 2.24) is 0 Å². The van der Waals surface area contributed by atoms with Crippen LogP contribution in [0.5, 0.6) is 0 Å². The summed E-state index contributed by atoms with van der Waals surface area (Å²) >= 11 is 0. The molecule has 2 rings (SSSR count). The van der Waals surface area contributed by atoms with E-state index in [1.54, 1.807) is 4.90 Å². The molecule has 4 heteroatoms. The van der Waals surface area contributed by atoms with Crippen LogP contribution in [0.25, 0.3) is 0 Å². The van der Waals surface area contributed by atoms with Crippen LogP contribution in [0.15, 0.2) is 24.3 Å². The van der Waals surface area contributed by atoms with Gasteiger partial charge >= 0.3 is 6.09 Å². The summed E-state index contributed by atoms with van der Waals surface area (Å²) in [6.07, 6.45) is 0.800. The number of benzene rings is 1. The van der Waals surface area contributed by atoms with Gasteiger partial charge in [0.15, 0.2) is 0 Å². The fraction of sp³-hybridized carbons (Fsp3) is 0.562. The molecule has 1 N–H and O–H groups in total. The first kappa shape index (κ1) is 14.9. The second-order valence-corrected chi connectivity index (χ2v) is 6.28. The van der Waals surface area contributed by atoms with Gasteiger partial charge < -0.3 is 9.84 Å². The Labute approximate surface area is 120 Å². The molecule has 1 aliphatic rings. The Hall–Kier alpha value is -1.55. The number of rotatable bonds is 1. The minimum Gasteiger partial charge on any atom is -0.443 e. The third-order valence-electron chi connectivity index (χ3n) is 3.64. The summed E-state index contributed by atoms with van der Waals surface area (Å²) in [6, 6.07) is 7.50. The monoisotopic (exact) mass is 277 g/mol. The molecule has 0 spiro atoms. The van der Waals surface area contributed by atoms with E-state index in [9.17, 15) is 9.90 Å². The number of amides is 1. The highest BCUT2D eigenvalue weighted by Gasteiger charge is 2.38. The summed E-state index contributed by atoms with van der Waals surface area (Å²) in [4.78, 5) is 13.9. The first-order valence-corrected chi connectivity index (χ1v) is 7.09. The topological polar surface area (TPSA) is 49.8 Å². The fourth-order valence-corrected chi connectivity index (χ4v) is 2.53. The van der Waals surface area contributed by atoms with Crippen LogP contribution in [0, 0.1) is 0 Å². The number of hydrogen-bond acceptors (Lipinski definition) is 3. The van der Waals surface area contributed by atoms with Gasteiger partial charge in [0.1, 0.15) is 5.60 Å². The molecule has 0 aliphatic carbocycles. The summed E-state index contributed by atoms with van der Waals surface area (Å²) in [6.45, 7) is 7.98. The predicted octanol–water partition coefficient (Wildman–Crippen LogP) is 3.43. The molecular formula is C16H23NO3. The van der Waals surface area contributed by atoms with E-state index in [4.69, 9.17) is 4.74 Å². The SMILES string of the molecule is CCC1(O)CCN(C(=O)OC(C)(C)C)c2ccccc21. The van der Waals surface area contributed by atoms with E-state index in [1.807, 2.05) is 52.0 Å². The second kappa shape index (κ2) is 5.09. The summed E-state index contributed by atoms with van der Waals surface area (Å²) < 4.78 is 5.44. The van der Waals surface area contributed by atoms with Crippen molar-refractivity contribution >= 4 is 11.8 Å². The van der Waals surface area contributed by atoms with Crippen molar-refractivity contribution in [2.75, 3.05) is 11.4 Å². The van der Waals surface area contributed by atoms with Crippen LogP contribution >= 0.6 is 0 Å². The maximum absolute atomic E-state index is 12.3. The normalized spacial score (nSPS) is 22.4. The van der Waals surface area contributed by atoms with Crippen molar-refractivity contribution in [2.45, 2.75) is 51.7 Å². The second-order valence-electron chi connectivity index (χ2n) is 6.28. The first-order chi connectivity index (χ1) is 9.27. The van der Waals surface area contributed by atoms with Crippen LogP contribution < -0.4 is 4.90 Å². The molecular weight excluding hydrogens is 254 g/mol. The number of para-hydroxylation sites is 1. The molecule has 20 heavy (non-hydrogen) atoms. The Morgan fingerprint density at radius 2 is 2.05 bits per heavy atom.